The number of benzene rings is 1. The van der Waals surface area contributed by atoms with E-state index in [2.05, 4.69) is 0 Å². The summed E-state index contributed by atoms with van der Waals surface area (Å²) in [6.07, 6.45) is 0. The smallest absolute Gasteiger partial charge is 0.254 e. The van der Waals surface area contributed by atoms with Crippen molar-refractivity contribution in [2.24, 2.45) is 5.73 Å². The SMILES string of the molecule is CC1COCCN1C(=O)c1cccc(CN)c1. The predicted octanol–water partition coefficient (Wildman–Crippen LogP) is 1.01. The van der Waals surface area contributed by atoms with E-state index in [0.717, 1.165) is 5.56 Å². The van der Waals surface area contributed by atoms with Gasteiger partial charge in [0.2, 0.25) is 0 Å². The van der Waals surface area contributed by atoms with Gasteiger partial charge in [0.15, 0.2) is 0 Å². The van der Waals surface area contributed by atoms with E-state index in [1.165, 1.54) is 0 Å². The van der Waals surface area contributed by atoms with Crippen LogP contribution >= 0.6 is 0 Å². The normalized spacial score (nSPS) is 20.4. The Labute approximate surface area is 101 Å². The number of ether oxygens (including phenoxy) is 1. The first-order valence-corrected chi connectivity index (χ1v) is 5.90. The zero-order chi connectivity index (χ0) is 12.3. The molecule has 92 valence electrons. The molecule has 17 heavy (non-hydrogen) atoms. The Balaban J connectivity index is 2.17. The van der Waals surface area contributed by atoms with Crippen LogP contribution in [0.4, 0.5) is 0 Å². The summed E-state index contributed by atoms with van der Waals surface area (Å²) in [5.74, 6) is 0.0658. The van der Waals surface area contributed by atoms with Crippen LogP contribution in [0.2, 0.25) is 0 Å². The van der Waals surface area contributed by atoms with Gasteiger partial charge in [-0.25, -0.2) is 0 Å². The van der Waals surface area contributed by atoms with Crippen LogP contribution in [0.5, 0.6) is 0 Å². The van der Waals surface area contributed by atoms with Crippen LogP contribution in [0.15, 0.2) is 24.3 Å². The average Bonchev–Trinajstić information content (AvgIpc) is 2.38. The van der Waals surface area contributed by atoms with Crippen molar-refractivity contribution in [1.82, 2.24) is 4.90 Å². The molecule has 1 amide bonds. The van der Waals surface area contributed by atoms with E-state index >= 15 is 0 Å². The highest BCUT2D eigenvalue weighted by atomic mass is 16.5. The largest absolute Gasteiger partial charge is 0.377 e. The first kappa shape index (κ1) is 12.1. The van der Waals surface area contributed by atoms with Gasteiger partial charge >= 0.3 is 0 Å². The number of rotatable bonds is 2. The highest BCUT2D eigenvalue weighted by Crippen LogP contribution is 2.13. The third-order valence-corrected chi connectivity index (χ3v) is 3.04. The molecule has 0 aromatic heterocycles. The minimum atomic E-state index is 0.0658. The zero-order valence-corrected chi connectivity index (χ0v) is 10.1. The van der Waals surface area contributed by atoms with Crippen molar-refractivity contribution in [3.05, 3.63) is 35.4 Å². The summed E-state index contributed by atoms with van der Waals surface area (Å²) in [5.41, 5.74) is 7.27. The van der Waals surface area contributed by atoms with E-state index in [9.17, 15) is 4.79 Å². The molecule has 1 atom stereocenters. The van der Waals surface area contributed by atoms with Crippen molar-refractivity contribution in [1.29, 1.82) is 0 Å². The summed E-state index contributed by atoms with van der Waals surface area (Å²) in [4.78, 5) is 14.2. The fourth-order valence-electron chi connectivity index (χ4n) is 2.03. The third-order valence-electron chi connectivity index (χ3n) is 3.04. The molecule has 0 aliphatic carbocycles. The van der Waals surface area contributed by atoms with Gasteiger partial charge in [-0.1, -0.05) is 12.1 Å². The van der Waals surface area contributed by atoms with E-state index in [0.29, 0.717) is 31.9 Å². The second-order valence-electron chi connectivity index (χ2n) is 4.33. The molecule has 4 nitrogen and oxygen atoms in total. The number of carbonyl (C=O) groups is 1. The van der Waals surface area contributed by atoms with Gasteiger partial charge in [0, 0.05) is 18.7 Å². The van der Waals surface area contributed by atoms with Gasteiger partial charge in [0.05, 0.1) is 19.3 Å². The molecule has 1 saturated heterocycles. The van der Waals surface area contributed by atoms with Gasteiger partial charge in [-0.2, -0.15) is 0 Å². The van der Waals surface area contributed by atoms with Crippen LogP contribution in [0, 0.1) is 0 Å². The highest BCUT2D eigenvalue weighted by molar-refractivity contribution is 5.94. The Kier molecular flexibility index (Phi) is 3.76. The number of nitrogens with zero attached hydrogens (tertiary/aromatic N) is 1. The van der Waals surface area contributed by atoms with Crippen LogP contribution in [-0.4, -0.2) is 36.6 Å². The lowest BCUT2D eigenvalue weighted by molar-refractivity contribution is 0.00359. The second kappa shape index (κ2) is 5.29. The molecular weight excluding hydrogens is 216 g/mol. The summed E-state index contributed by atoms with van der Waals surface area (Å²) in [6, 6.07) is 7.65. The summed E-state index contributed by atoms with van der Waals surface area (Å²) in [6.45, 7) is 4.35. The quantitative estimate of drug-likeness (QED) is 0.830. The first-order chi connectivity index (χ1) is 8.22. The molecule has 4 heteroatoms. The summed E-state index contributed by atoms with van der Waals surface area (Å²) < 4.78 is 5.33. The highest BCUT2D eigenvalue weighted by Gasteiger charge is 2.24. The Morgan fingerprint density at radius 1 is 1.59 bits per heavy atom. The predicted molar refractivity (Wildman–Crippen MR) is 65.7 cm³/mol. The van der Waals surface area contributed by atoms with Gasteiger partial charge in [-0.15, -0.1) is 0 Å². The van der Waals surface area contributed by atoms with Crippen molar-refractivity contribution in [3.8, 4) is 0 Å². The zero-order valence-electron chi connectivity index (χ0n) is 10.1. The first-order valence-electron chi connectivity index (χ1n) is 5.90. The van der Waals surface area contributed by atoms with Crippen molar-refractivity contribution < 1.29 is 9.53 Å². The average molecular weight is 234 g/mol. The third kappa shape index (κ3) is 2.65. The van der Waals surface area contributed by atoms with Crippen molar-refractivity contribution in [3.63, 3.8) is 0 Å². The maximum atomic E-state index is 12.3. The monoisotopic (exact) mass is 234 g/mol. The van der Waals surface area contributed by atoms with Crippen LogP contribution in [0.3, 0.4) is 0 Å². The van der Waals surface area contributed by atoms with E-state index in [4.69, 9.17) is 10.5 Å². The minimum Gasteiger partial charge on any atom is -0.377 e. The Morgan fingerprint density at radius 2 is 2.41 bits per heavy atom. The molecule has 1 aromatic rings. The van der Waals surface area contributed by atoms with Crippen molar-refractivity contribution >= 4 is 5.91 Å². The standard InChI is InChI=1S/C13H18N2O2/c1-10-9-17-6-5-15(10)13(16)12-4-2-3-11(7-12)8-14/h2-4,7,10H,5-6,8-9,14H2,1H3. The fourth-order valence-corrected chi connectivity index (χ4v) is 2.03. The molecule has 0 bridgehead atoms. The number of hydrogen-bond acceptors (Lipinski definition) is 3. The lowest BCUT2D eigenvalue weighted by Gasteiger charge is -2.33. The van der Waals surface area contributed by atoms with Gasteiger partial charge in [0.25, 0.3) is 5.91 Å². The van der Waals surface area contributed by atoms with E-state index in [1.807, 2.05) is 36.1 Å². The van der Waals surface area contributed by atoms with Crippen LogP contribution in [-0.2, 0) is 11.3 Å². The van der Waals surface area contributed by atoms with E-state index < -0.39 is 0 Å². The topological polar surface area (TPSA) is 55.6 Å². The minimum absolute atomic E-state index is 0.0658. The van der Waals surface area contributed by atoms with Crippen molar-refractivity contribution in [2.75, 3.05) is 19.8 Å². The van der Waals surface area contributed by atoms with Gasteiger partial charge in [0.1, 0.15) is 0 Å². The molecule has 0 spiro atoms. The van der Waals surface area contributed by atoms with E-state index in [1.54, 1.807) is 0 Å². The molecule has 1 aliphatic heterocycles. The summed E-state index contributed by atoms with van der Waals surface area (Å²) in [7, 11) is 0. The molecule has 2 N–H and O–H groups in total. The van der Waals surface area contributed by atoms with Gasteiger partial charge in [-0.3, -0.25) is 4.79 Å². The lowest BCUT2D eigenvalue weighted by Crippen LogP contribution is -2.47. The molecular formula is C13H18N2O2. The Bertz CT molecular complexity index is 406. The van der Waals surface area contributed by atoms with Crippen LogP contribution in [0.1, 0.15) is 22.8 Å². The molecule has 1 fully saturated rings. The number of morpholine rings is 1. The molecule has 1 unspecified atom stereocenters. The van der Waals surface area contributed by atoms with Crippen LogP contribution < -0.4 is 5.73 Å². The molecule has 0 saturated carbocycles. The second-order valence-corrected chi connectivity index (χ2v) is 4.33. The summed E-state index contributed by atoms with van der Waals surface area (Å²) >= 11 is 0. The number of nitrogens with two attached hydrogens (primary N) is 1. The molecule has 2 rings (SSSR count). The van der Waals surface area contributed by atoms with Gasteiger partial charge < -0.3 is 15.4 Å². The van der Waals surface area contributed by atoms with Crippen LogP contribution in [0.25, 0.3) is 0 Å². The number of amides is 1. The Morgan fingerprint density at radius 3 is 3.12 bits per heavy atom. The molecule has 0 radical (unpaired) electrons. The fraction of sp³-hybridized carbons (Fsp3) is 0.462. The Hall–Kier alpha value is -1.39. The molecule has 1 aromatic carbocycles. The number of hydrogen-bond donors (Lipinski definition) is 1. The van der Waals surface area contributed by atoms with Gasteiger partial charge in [-0.05, 0) is 24.6 Å². The maximum absolute atomic E-state index is 12.3. The van der Waals surface area contributed by atoms with Crippen molar-refractivity contribution in [2.45, 2.75) is 19.5 Å². The van der Waals surface area contributed by atoms with E-state index in [-0.39, 0.29) is 11.9 Å². The molecule has 1 aliphatic rings. The molecule has 1 heterocycles. The number of carbonyl (C=O) groups excluding carboxylic acids is 1. The maximum Gasteiger partial charge on any atom is 0.254 e. The lowest BCUT2D eigenvalue weighted by atomic mass is 10.1. The summed E-state index contributed by atoms with van der Waals surface area (Å²) in [5, 5.41) is 0.